The van der Waals surface area contributed by atoms with Crippen molar-refractivity contribution in [1.82, 2.24) is 15.2 Å². The number of amides is 2. The first-order valence-corrected chi connectivity index (χ1v) is 10.6. The predicted molar refractivity (Wildman–Crippen MR) is 105 cm³/mol. The van der Waals surface area contributed by atoms with Crippen molar-refractivity contribution < 1.29 is 14.0 Å². The Morgan fingerprint density at radius 3 is 2.78 bits per heavy atom. The minimum Gasteiger partial charge on any atom is -0.459 e. The molecule has 4 rings (SSSR count). The van der Waals surface area contributed by atoms with E-state index in [-0.39, 0.29) is 24.3 Å². The lowest BCUT2D eigenvalue weighted by atomic mass is 10.0. The molecule has 1 fully saturated rings. The van der Waals surface area contributed by atoms with Crippen LogP contribution in [0.25, 0.3) is 9.88 Å². The Balaban J connectivity index is 1.25. The van der Waals surface area contributed by atoms with Gasteiger partial charge in [-0.15, -0.1) is 22.7 Å². The molecule has 140 valence electrons. The van der Waals surface area contributed by atoms with E-state index >= 15 is 0 Å². The van der Waals surface area contributed by atoms with Gasteiger partial charge in [-0.25, -0.2) is 4.98 Å². The summed E-state index contributed by atoms with van der Waals surface area (Å²) in [5.41, 5.74) is 0.798. The molecule has 4 heterocycles. The van der Waals surface area contributed by atoms with Crippen LogP contribution in [0, 0.1) is 0 Å². The standard InChI is InChI=1S/C19H19N3O3S2/c23-17(11-14-12-27-18(21-14)16-4-2-10-26-16)20-13-5-7-22(8-6-13)19(24)15-3-1-9-25-15/h1-4,9-10,12-13H,5-8,11H2,(H,20,23). The number of likely N-dealkylation sites (tertiary alicyclic amines) is 1. The van der Waals surface area contributed by atoms with Gasteiger partial charge in [0.1, 0.15) is 5.01 Å². The topological polar surface area (TPSA) is 75.4 Å². The summed E-state index contributed by atoms with van der Waals surface area (Å²) >= 11 is 3.21. The zero-order chi connectivity index (χ0) is 18.6. The number of hydrogen-bond acceptors (Lipinski definition) is 6. The molecule has 1 aliphatic rings. The second-order valence-corrected chi connectivity index (χ2v) is 8.22. The van der Waals surface area contributed by atoms with Gasteiger partial charge in [-0.3, -0.25) is 9.59 Å². The molecule has 27 heavy (non-hydrogen) atoms. The minimum atomic E-state index is -0.0895. The Kier molecular flexibility index (Phi) is 5.35. The molecule has 3 aromatic heterocycles. The van der Waals surface area contributed by atoms with Crippen LogP contribution in [0.1, 0.15) is 29.1 Å². The minimum absolute atomic E-state index is 0.0196. The summed E-state index contributed by atoms with van der Waals surface area (Å²) in [6.07, 6.45) is 3.28. The average Bonchev–Trinajstić information content (AvgIpc) is 3.43. The van der Waals surface area contributed by atoms with Gasteiger partial charge in [-0.1, -0.05) is 6.07 Å². The van der Waals surface area contributed by atoms with Crippen LogP contribution in [0.4, 0.5) is 0 Å². The third kappa shape index (κ3) is 4.28. The molecule has 1 aliphatic heterocycles. The number of aromatic nitrogens is 1. The summed E-state index contributed by atoms with van der Waals surface area (Å²) in [6, 6.07) is 7.51. The average molecular weight is 402 g/mol. The first-order valence-electron chi connectivity index (χ1n) is 8.79. The van der Waals surface area contributed by atoms with Gasteiger partial charge in [0, 0.05) is 24.5 Å². The number of nitrogens with zero attached hydrogens (tertiary/aromatic N) is 2. The van der Waals surface area contributed by atoms with Crippen molar-refractivity contribution in [3.8, 4) is 9.88 Å². The van der Waals surface area contributed by atoms with Crippen LogP contribution >= 0.6 is 22.7 Å². The lowest BCUT2D eigenvalue weighted by Crippen LogP contribution is -2.46. The highest BCUT2D eigenvalue weighted by Crippen LogP contribution is 2.27. The van der Waals surface area contributed by atoms with Crippen molar-refractivity contribution in [3.05, 3.63) is 52.7 Å². The van der Waals surface area contributed by atoms with Gasteiger partial charge in [-0.05, 0) is 36.4 Å². The van der Waals surface area contributed by atoms with E-state index in [1.54, 1.807) is 39.7 Å². The van der Waals surface area contributed by atoms with Crippen LogP contribution in [0.5, 0.6) is 0 Å². The molecule has 0 radical (unpaired) electrons. The number of rotatable bonds is 5. The molecule has 6 nitrogen and oxygen atoms in total. The molecule has 8 heteroatoms. The molecular weight excluding hydrogens is 382 g/mol. The van der Waals surface area contributed by atoms with Gasteiger partial charge in [-0.2, -0.15) is 0 Å². The lowest BCUT2D eigenvalue weighted by molar-refractivity contribution is -0.121. The van der Waals surface area contributed by atoms with Crippen LogP contribution in [0.15, 0.2) is 45.7 Å². The third-order valence-electron chi connectivity index (χ3n) is 4.50. The molecule has 0 bridgehead atoms. The summed E-state index contributed by atoms with van der Waals surface area (Å²) in [5.74, 6) is 0.254. The fourth-order valence-corrected chi connectivity index (χ4v) is 4.76. The largest absolute Gasteiger partial charge is 0.459 e. The molecule has 0 atom stereocenters. The summed E-state index contributed by atoms with van der Waals surface area (Å²) in [5, 5.41) is 7.99. The fraction of sp³-hybridized carbons (Fsp3) is 0.316. The normalized spacial score (nSPS) is 15.0. The maximum atomic E-state index is 12.3. The van der Waals surface area contributed by atoms with Crippen molar-refractivity contribution in [2.45, 2.75) is 25.3 Å². The number of hydrogen-bond donors (Lipinski definition) is 1. The van der Waals surface area contributed by atoms with E-state index in [0.29, 0.717) is 18.8 Å². The van der Waals surface area contributed by atoms with Crippen LogP contribution in [-0.2, 0) is 11.2 Å². The number of thiazole rings is 1. The van der Waals surface area contributed by atoms with Crippen LogP contribution in [-0.4, -0.2) is 40.8 Å². The molecule has 0 saturated carbocycles. The highest BCUT2D eigenvalue weighted by atomic mass is 32.1. The number of nitrogens with one attached hydrogen (secondary N) is 1. The molecule has 1 N–H and O–H groups in total. The van der Waals surface area contributed by atoms with Gasteiger partial charge in [0.15, 0.2) is 5.76 Å². The van der Waals surface area contributed by atoms with Crippen LogP contribution in [0.3, 0.4) is 0 Å². The third-order valence-corrected chi connectivity index (χ3v) is 6.43. The van der Waals surface area contributed by atoms with E-state index in [1.807, 2.05) is 22.9 Å². The van der Waals surface area contributed by atoms with Gasteiger partial charge in [0.05, 0.1) is 23.3 Å². The van der Waals surface area contributed by atoms with Gasteiger partial charge < -0.3 is 14.6 Å². The first kappa shape index (κ1) is 17.9. The zero-order valence-electron chi connectivity index (χ0n) is 14.6. The molecule has 2 amide bonds. The highest BCUT2D eigenvalue weighted by molar-refractivity contribution is 7.20. The summed E-state index contributed by atoms with van der Waals surface area (Å²) in [4.78, 5) is 32.1. The van der Waals surface area contributed by atoms with Gasteiger partial charge >= 0.3 is 0 Å². The molecule has 0 spiro atoms. The summed E-state index contributed by atoms with van der Waals surface area (Å²) in [7, 11) is 0. The fourth-order valence-electron chi connectivity index (χ4n) is 3.13. The molecule has 0 aromatic carbocycles. The van der Waals surface area contributed by atoms with E-state index in [4.69, 9.17) is 4.42 Å². The van der Waals surface area contributed by atoms with Gasteiger partial charge in [0.25, 0.3) is 5.91 Å². The SMILES string of the molecule is O=C(Cc1csc(-c2cccs2)n1)NC1CCN(C(=O)c2ccco2)CC1. The van der Waals surface area contributed by atoms with Crippen LogP contribution < -0.4 is 5.32 Å². The smallest absolute Gasteiger partial charge is 0.289 e. The Bertz CT molecular complexity index is 895. The Morgan fingerprint density at radius 1 is 1.22 bits per heavy atom. The first-order chi connectivity index (χ1) is 13.2. The van der Waals surface area contributed by atoms with E-state index < -0.39 is 0 Å². The monoisotopic (exact) mass is 401 g/mol. The quantitative estimate of drug-likeness (QED) is 0.711. The second-order valence-electron chi connectivity index (χ2n) is 6.41. The van der Waals surface area contributed by atoms with Crippen LogP contribution in [0.2, 0.25) is 0 Å². The zero-order valence-corrected chi connectivity index (χ0v) is 16.2. The molecule has 0 unspecified atom stereocenters. The van der Waals surface area contributed by atoms with E-state index in [0.717, 1.165) is 28.4 Å². The number of carbonyl (C=O) groups is 2. The molecule has 3 aromatic rings. The van der Waals surface area contributed by atoms with E-state index in [9.17, 15) is 9.59 Å². The molecule has 1 saturated heterocycles. The lowest BCUT2D eigenvalue weighted by Gasteiger charge is -2.31. The van der Waals surface area contributed by atoms with E-state index in [2.05, 4.69) is 10.3 Å². The molecule has 0 aliphatic carbocycles. The Hall–Kier alpha value is -2.45. The van der Waals surface area contributed by atoms with Crippen molar-refractivity contribution in [2.75, 3.05) is 13.1 Å². The highest BCUT2D eigenvalue weighted by Gasteiger charge is 2.26. The Labute approximate surface area is 164 Å². The molecular formula is C19H19N3O3S2. The van der Waals surface area contributed by atoms with Crippen molar-refractivity contribution in [1.29, 1.82) is 0 Å². The van der Waals surface area contributed by atoms with Gasteiger partial charge in [0.2, 0.25) is 5.91 Å². The number of furan rings is 1. The second kappa shape index (κ2) is 8.06. The van der Waals surface area contributed by atoms with E-state index in [1.165, 1.54) is 6.26 Å². The number of thiophene rings is 1. The maximum absolute atomic E-state index is 12.3. The van der Waals surface area contributed by atoms with Crippen molar-refractivity contribution in [3.63, 3.8) is 0 Å². The summed E-state index contributed by atoms with van der Waals surface area (Å²) in [6.45, 7) is 1.23. The number of piperidine rings is 1. The Morgan fingerprint density at radius 2 is 2.07 bits per heavy atom. The predicted octanol–water partition coefficient (Wildman–Crippen LogP) is 3.43. The summed E-state index contributed by atoms with van der Waals surface area (Å²) < 4.78 is 5.17. The van der Waals surface area contributed by atoms with Crippen molar-refractivity contribution >= 4 is 34.5 Å². The maximum Gasteiger partial charge on any atom is 0.289 e. The number of carbonyl (C=O) groups excluding carboxylic acids is 2. The van der Waals surface area contributed by atoms with Crippen molar-refractivity contribution in [2.24, 2.45) is 0 Å².